The highest BCUT2D eigenvalue weighted by Crippen LogP contribution is 2.24. The van der Waals surface area contributed by atoms with Crippen LogP contribution in [-0.4, -0.2) is 31.6 Å². The van der Waals surface area contributed by atoms with Crippen molar-refractivity contribution in [1.82, 2.24) is 5.32 Å². The highest BCUT2D eigenvalue weighted by Gasteiger charge is 2.26. The third-order valence-electron chi connectivity index (χ3n) is 4.03. The van der Waals surface area contributed by atoms with Gasteiger partial charge in [0.1, 0.15) is 17.5 Å². The maximum Gasteiger partial charge on any atom is 0.255 e. The van der Waals surface area contributed by atoms with E-state index in [1.807, 2.05) is 32.9 Å². The smallest absolute Gasteiger partial charge is 0.255 e. The molecule has 2 amide bonds. The number of amides is 2. The summed E-state index contributed by atoms with van der Waals surface area (Å²) in [7, 11) is 1.50. The summed E-state index contributed by atoms with van der Waals surface area (Å²) >= 11 is 0. The van der Waals surface area contributed by atoms with Crippen molar-refractivity contribution in [2.75, 3.05) is 19.0 Å². The van der Waals surface area contributed by atoms with E-state index in [1.54, 1.807) is 36.4 Å². The normalized spacial score (nSPS) is 11.6. The fraction of sp³-hybridized carbons (Fsp3) is 0.333. The van der Waals surface area contributed by atoms with Gasteiger partial charge in [0.2, 0.25) is 5.91 Å². The zero-order valence-corrected chi connectivity index (χ0v) is 16.1. The molecule has 144 valence electrons. The molecule has 0 radical (unpaired) electrons. The van der Waals surface area contributed by atoms with Crippen LogP contribution in [0.3, 0.4) is 0 Å². The van der Waals surface area contributed by atoms with Gasteiger partial charge in [0.25, 0.3) is 5.91 Å². The summed E-state index contributed by atoms with van der Waals surface area (Å²) in [5, 5.41) is 5.66. The molecule has 0 saturated heterocycles. The molecule has 0 heterocycles. The lowest BCUT2D eigenvalue weighted by molar-refractivity contribution is -0.118. The molecule has 0 aliphatic rings. The average molecular weight is 370 g/mol. The van der Waals surface area contributed by atoms with Crippen LogP contribution >= 0.6 is 0 Å². The third kappa shape index (κ3) is 5.23. The predicted molar refractivity (Wildman–Crippen MR) is 105 cm³/mol. The van der Waals surface area contributed by atoms with E-state index >= 15 is 0 Å². The number of para-hydroxylation sites is 3. The van der Waals surface area contributed by atoms with E-state index in [0.717, 1.165) is 0 Å². The van der Waals surface area contributed by atoms with E-state index in [9.17, 15) is 9.59 Å². The van der Waals surface area contributed by atoms with Crippen molar-refractivity contribution in [3.05, 3.63) is 54.1 Å². The molecule has 0 aromatic heterocycles. The van der Waals surface area contributed by atoms with E-state index in [-0.39, 0.29) is 17.7 Å². The number of hydrogen-bond acceptors (Lipinski definition) is 4. The number of nitrogens with one attached hydrogen (secondary N) is 2. The van der Waals surface area contributed by atoms with Crippen molar-refractivity contribution in [3.63, 3.8) is 0 Å². The Kier molecular flexibility index (Phi) is 7.23. The molecule has 2 rings (SSSR count). The van der Waals surface area contributed by atoms with Crippen LogP contribution in [0.1, 0.15) is 31.1 Å². The van der Waals surface area contributed by atoms with E-state index < -0.39 is 6.04 Å². The quantitative estimate of drug-likeness (QED) is 0.746. The van der Waals surface area contributed by atoms with Crippen LogP contribution < -0.4 is 20.1 Å². The van der Waals surface area contributed by atoms with E-state index in [2.05, 4.69) is 10.6 Å². The molecule has 0 unspecified atom stereocenters. The molecule has 0 aliphatic heterocycles. The summed E-state index contributed by atoms with van der Waals surface area (Å²) in [4.78, 5) is 25.5. The molecule has 0 spiro atoms. The van der Waals surface area contributed by atoms with Crippen LogP contribution in [0.4, 0.5) is 5.69 Å². The van der Waals surface area contributed by atoms with Crippen LogP contribution in [0, 0.1) is 5.92 Å². The Balaban J connectivity index is 2.17. The highest BCUT2D eigenvalue weighted by molar-refractivity contribution is 6.03. The first-order valence-corrected chi connectivity index (χ1v) is 8.94. The predicted octanol–water partition coefficient (Wildman–Crippen LogP) is 3.49. The maximum atomic E-state index is 12.8. The van der Waals surface area contributed by atoms with Crippen molar-refractivity contribution in [1.29, 1.82) is 0 Å². The second-order valence-corrected chi connectivity index (χ2v) is 6.31. The molecule has 6 nitrogen and oxygen atoms in total. The summed E-state index contributed by atoms with van der Waals surface area (Å²) in [6.07, 6.45) is 0. The zero-order valence-electron chi connectivity index (χ0n) is 16.1. The molecule has 0 saturated carbocycles. The Hall–Kier alpha value is -3.02. The van der Waals surface area contributed by atoms with Crippen LogP contribution in [-0.2, 0) is 4.79 Å². The minimum absolute atomic E-state index is 0.108. The van der Waals surface area contributed by atoms with Crippen molar-refractivity contribution in [2.45, 2.75) is 26.8 Å². The number of carbonyl (C=O) groups is 2. The minimum atomic E-state index is -0.711. The van der Waals surface area contributed by atoms with Gasteiger partial charge in [0.05, 0.1) is 25.0 Å². The fourth-order valence-corrected chi connectivity index (χ4v) is 2.65. The second kappa shape index (κ2) is 9.62. The first-order valence-electron chi connectivity index (χ1n) is 8.94. The van der Waals surface area contributed by atoms with Gasteiger partial charge in [-0.3, -0.25) is 9.59 Å². The van der Waals surface area contributed by atoms with Crippen LogP contribution in [0.5, 0.6) is 11.5 Å². The van der Waals surface area contributed by atoms with Gasteiger partial charge in [-0.1, -0.05) is 38.1 Å². The molecule has 1 atom stereocenters. The molecule has 0 bridgehead atoms. The first kappa shape index (κ1) is 20.3. The number of rotatable bonds is 8. The number of hydrogen-bond donors (Lipinski definition) is 2. The number of anilines is 1. The summed E-state index contributed by atoms with van der Waals surface area (Å²) in [6.45, 7) is 6.12. The Labute approximate surface area is 159 Å². The summed E-state index contributed by atoms with van der Waals surface area (Å²) in [5.41, 5.74) is 0.953. The summed E-state index contributed by atoms with van der Waals surface area (Å²) in [5.74, 6) is 0.272. The van der Waals surface area contributed by atoms with Gasteiger partial charge in [-0.2, -0.15) is 0 Å². The molecule has 2 aromatic carbocycles. The molecule has 2 N–H and O–H groups in total. The van der Waals surface area contributed by atoms with Gasteiger partial charge in [-0.15, -0.1) is 0 Å². The Morgan fingerprint density at radius 3 is 2.26 bits per heavy atom. The number of benzene rings is 2. The molecule has 0 fully saturated rings. The lowest BCUT2D eigenvalue weighted by Crippen LogP contribution is -2.47. The lowest BCUT2D eigenvalue weighted by Gasteiger charge is -2.23. The lowest BCUT2D eigenvalue weighted by atomic mass is 10.0. The molecule has 27 heavy (non-hydrogen) atoms. The van der Waals surface area contributed by atoms with Crippen LogP contribution in [0.15, 0.2) is 48.5 Å². The second-order valence-electron chi connectivity index (χ2n) is 6.31. The largest absolute Gasteiger partial charge is 0.496 e. The molecule has 6 heteroatoms. The van der Waals surface area contributed by atoms with Gasteiger partial charge in [-0.25, -0.2) is 0 Å². The zero-order chi connectivity index (χ0) is 19.8. The van der Waals surface area contributed by atoms with E-state index in [0.29, 0.717) is 29.4 Å². The minimum Gasteiger partial charge on any atom is -0.496 e. The maximum absolute atomic E-state index is 12.8. The Bertz CT molecular complexity index is 789. The van der Waals surface area contributed by atoms with Crippen LogP contribution in [0.25, 0.3) is 0 Å². The first-order chi connectivity index (χ1) is 13.0. The van der Waals surface area contributed by atoms with Crippen molar-refractivity contribution < 1.29 is 19.1 Å². The van der Waals surface area contributed by atoms with Crippen LogP contribution in [0.2, 0.25) is 0 Å². The van der Waals surface area contributed by atoms with Gasteiger partial charge >= 0.3 is 0 Å². The monoisotopic (exact) mass is 370 g/mol. The molecule has 2 aromatic rings. The van der Waals surface area contributed by atoms with E-state index in [1.165, 1.54) is 7.11 Å². The standard InChI is InChI=1S/C21H26N2O4/c1-5-27-18-13-9-7-11-16(18)22-21(25)19(14(2)3)23-20(24)15-10-6-8-12-17(15)26-4/h6-14,19H,5H2,1-4H3,(H,22,25)(H,23,24)/t19-/m0/s1. The number of ether oxygens (including phenoxy) is 2. The van der Waals surface area contributed by atoms with Crippen molar-refractivity contribution in [3.8, 4) is 11.5 Å². The number of methoxy groups -OCH3 is 1. The third-order valence-corrected chi connectivity index (χ3v) is 4.03. The summed E-state index contributed by atoms with van der Waals surface area (Å²) < 4.78 is 10.8. The Morgan fingerprint density at radius 2 is 1.63 bits per heavy atom. The fourth-order valence-electron chi connectivity index (χ4n) is 2.65. The topological polar surface area (TPSA) is 76.7 Å². The summed E-state index contributed by atoms with van der Waals surface area (Å²) in [6, 6.07) is 13.4. The molecular formula is C21H26N2O4. The van der Waals surface area contributed by atoms with Crippen molar-refractivity contribution >= 4 is 17.5 Å². The van der Waals surface area contributed by atoms with Crippen molar-refractivity contribution in [2.24, 2.45) is 5.92 Å². The highest BCUT2D eigenvalue weighted by atomic mass is 16.5. The SMILES string of the molecule is CCOc1ccccc1NC(=O)[C@@H](NC(=O)c1ccccc1OC)C(C)C. The van der Waals surface area contributed by atoms with Gasteiger partial charge in [0.15, 0.2) is 0 Å². The molecular weight excluding hydrogens is 344 g/mol. The Morgan fingerprint density at radius 1 is 1.00 bits per heavy atom. The van der Waals surface area contributed by atoms with Gasteiger partial charge in [0, 0.05) is 0 Å². The number of carbonyl (C=O) groups excluding carboxylic acids is 2. The van der Waals surface area contributed by atoms with E-state index in [4.69, 9.17) is 9.47 Å². The van der Waals surface area contributed by atoms with Gasteiger partial charge < -0.3 is 20.1 Å². The molecule has 0 aliphatic carbocycles. The van der Waals surface area contributed by atoms with Gasteiger partial charge in [-0.05, 0) is 37.1 Å². The average Bonchev–Trinajstić information content (AvgIpc) is 2.67.